The third kappa shape index (κ3) is 2.57. The number of phenolic OH excluding ortho intramolecular Hbond substituents is 1. The van der Waals surface area contributed by atoms with E-state index in [9.17, 15) is 5.11 Å². The molecule has 2 N–H and O–H groups in total. The first kappa shape index (κ1) is 13.1. The lowest BCUT2D eigenvalue weighted by Gasteiger charge is -2.11. The lowest BCUT2D eigenvalue weighted by atomic mass is 10.2. The Labute approximate surface area is 115 Å². The predicted molar refractivity (Wildman–Crippen MR) is 73.6 cm³/mol. The van der Waals surface area contributed by atoms with Crippen LogP contribution in [0.2, 0.25) is 10.0 Å². The second kappa shape index (κ2) is 5.12. The van der Waals surface area contributed by atoms with E-state index in [2.05, 4.69) is 5.32 Å². The highest BCUT2D eigenvalue weighted by atomic mass is 35.5. The normalized spacial score (nSPS) is 10.7. The van der Waals surface area contributed by atoms with Gasteiger partial charge in [0.15, 0.2) is 5.75 Å². The van der Waals surface area contributed by atoms with Crippen LogP contribution in [-0.2, 0) is 6.54 Å². The van der Waals surface area contributed by atoms with Gasteiger partial charge in [-0.25, -0.2) is 0 Å². The molecule has 0 spiro atoms. The van der Waals surface area contributed by atoms with Crippen molar-refractivity contribution in [2.75, 3.05) is 5.32 Å². The molecule has 5 heteroatoms. The fourth-order valence-corrected chi connectivity index (χ4v) is 2.06. The zero-order valence-electron chi connectivity index (χ0n) is 10.1. The van der Waals surface area contributed by atoms with Gasteiger partial charge in [0.05, 0.1) is 17.3 Å². The topological polar surface area (TPSA) is 45.4 Å². The second-order valence-corrected chi connectivity index (χ2v) is 4.84. The average molecular weight is 286 g/mol. The number of aromatic hydroxyl groups is 1. The molecule has 0 aliphatic heterocycles. The van der Waals surface area contributed by atoms with Crippen molar-refractivity contribution in [3.63, 3.8) is 0 Å². The second-order valence-electron chi connectivity index (χ2n) is 4.06. The summed E-state index contributed by atoms with van der Waals surface area (Å²) in [6.45, 7) is 4.09. The summed E-state index contributed by atoms with van der Waals surface area (Å²) in [4.78, 5) is 0. The van der Waals surface area contributed by atoms with Gasteiger partial charge in [-0.3, -0.25) is 0 Å². The molecule has 0 unspecified atom stereocenters. The fraction of sp³-hybridized carbons (Fsp3) is 0.231. The van der Waals surface area contributed by atoms with Crippen LogP contribution in [0.5, 0.6) is 5.75 Å². The Morgan fingerprint density at radius 3 is 2.61 bits per heavy atom. The molecule has 0 saturated heterocycles. The van der Waals surface area contributed by atoms with E-state index < -0.39 is 0 Å². The molecule has 96 valence electrons. The first-order valence-corrected chi connectivity index (χ1v) is 6.21. The molecule has 0 aliphatic rings. The van der Waals surface area contributed by atoms with Crippen molar-refractivity contribution >= 4 is 28.9 Å². The number of hydrogen-bond donors (Lipinski definition) is 2. The van der Waals surface area contributed by atoms with Gasteiger partial charge >= 0.3 is 0 Å². The number of halogens is 2. The molecule has 2 rings (SSSR count). The molecule has 18 heavy (non-hydrogen) atoms. The molecule has 1 heterocycles. The molecule has 0 bridgehead atoms. The van der Waals surface area contributed by atoms with Gasteiger partial charge in [0.25, 0.3) is 0 Å². The maximum atomic E-state index is 9.90. The highest BCUT2D eigenvalue weighted by Gasteiger charge is 2.12. The Morgan fingerprint density at radius 1 is 1.28 bits per heavy atom. The largest absolute Gasteiger partial charge is 0.504 e. The van der Waals surface area contributed by atoms with Crippen molar-refractivity contribution in [2.45, 2.75) is 20.4 Å². The van der Waals surface area contributed by atoms with Gasteiger partial charge in [-0.2, -0.15) is 0 Å². The molecule has 0 atom stereocenters. The number of benzene rings is 1. The van der Waals surface area contributed by atoms with Crippen LogP contribution in [0.15, 0.2) is 22.6 Å². The van der Waals surface area contributed by atoms with E-state index >= 15 is 0 Å². The summed E-state index contributed by atoms with van der Waals surface area (Å²) in [5, 5.41) is 13.7. The predicted octanol–water partition coefficient (Wildman–Crippen LogP) is 4.52. The van der Waals surface area contributed by atoms with Gasteiger partial charge in [0, 0.05) is 5.02 Å². The number of nitrogens with one attached hydrogen (secondary N) is 1. The number of hydrogen-bond acceptors (Lipinski definition) is 3. The van der Waals surface area contributed by atoms with E-state index in [4.69, 9.17) is 27.6 Å². The average Bonchev–Trinajstić information content (AvgIpc) is 2.75. The summed E-state index contributed by atoms with van der Waals surface area (Å²) < 4.78 is 5.42. The quantitative estimate of drug-likeness (QED) is 0.815. The standard InChI is InChI=1S/C13H13Cl2NO2/c1-7-3-4-9(18-7)6-16-11-5-10(14)8(2)12(15)13(11)17/h3-5,16-17H,6H2,1-2H3. The van der Waals surface area contributed by atoms with Crippen molar-refractivity contribution < 1.29 is 9.52 Å². The number of rotatable bonds is 3. The summed E-state index contributed by atoms with van der Waals surface area (Å²) in [5.74, 6) is 1.62. The van der Waals surface area contributed by atoms with Gasteiger partial charge in [-0.15, -0.1) is 0 Å². The van der Waals surface area contributed by atoms with Crippen LogP contribution in [0.25, 0.3) is 0 Å². The van der Waals surface area contributed by atoms with Gasteiger partial charge in [0.1, 0.15) is 11.5 Å². The molecule has 0 aliphatic carbocycles. The Morgan fingerprint density at radius 2 is 2.00 bits per heavy atom. The number of furan rings is 1. The first-order chi connectivity index (χ1) is 8.49. The zero-order chi connectivity index (χ0) is 13.3. The van der Waals surface area contributed by atoms with E-state index in [0.29, 0.717) is 22.8 Å². The monoisotopic (exact) mass is 285 g/mol. The van der Waals surface area contributed by atoms with Crippen LogP contribution in [-0.4, -0.2) is 5.11 Å². The third-order valence-corrected chi connectivity index (χ3v) is 3.53. The Balaban J connectivity index is 2.19. The molecule has 0 saturated carbocycles. The van der Waals surface area contributed by atoms with Crippen LogP contribution < -0.4 is 5.32 Å². The van der Waals surface area contributed by atoms with Crippen molar-refractivity contribution in [2.24, 2.45) is 0 Å². The molecular weight excluding hydrogens is 273 g/mol. The van der Waals surface area contributed by atoms with Crippen molar-refractivity contribution in [1.82, 2.24) is 0 Å². The van der Waals surface area contributed by atoms with Crippen molar-refractivity contribution in [3.05, 3.63) is 45.3 Å². The summed E-state index contributed by atoms with van der Waals surface area (Å²) in [6.07, 6.45) is 0. The molecular formula is C13H13Cl2NO2. The van der Waals surface area contributed by atoms with E-state index in [1.807, 2.05) is 19.1 Å². The number of aryl methyl sites for hydroxylation is 1. The number of phenols is 1. The highest BCUT2D eigenvalue weighted by Crippen LogP contribution is 2.38. The Kier molecular flexibility index (Phi) is 3.73. The van der Waals surface area contributed by atoms with Crippen LogP contribution in [0, 0.1) is 13.8 Å². The summed E-state index contributed by atoms with van der Waals surface area (Å²) in [5.41, 5.74) is 1.15. The van der Waals surface area contributed by atoms with E-state index in [1.165, 1.54) is 0 Å². The van der Waals surface area contributed by atoms with Gasteiger partial charge in [0.2, 0.25) is 0 Å². The van der Waals surface area contributed by atoms with E-state index in [0.717, 1.165) is 11.5 Å². The minimum atomic E-state index is 0.00171. The van der Waals surface area contributed by atoms with Crippen LogP contribution in [0.1, 0.15) is 17.1 Å². The smallest absolute Gasteiger partial charge is 0.157 e. The molecule has 0 radical (unpaired) electrons. The van der Waals surface area contributed by atoms with Gasteiger partial charge < -0.3 is 14.8 Å². The summed E-state index contributed by atoms with van der Waals surface area (Å²) in [7, 11) is 0. The molecule has 0 fully saturated rings. The summed E-state index contributed by atoms with van der Waals surface area (Å²) >= 11 is 12.0. The van der Waals surface area contributed by atoms with E-state index in [1.54, 1.807) is 13.0 Å². The number of anilines is 1. The van der Waals surface area contributed by atoms with Crippen molar-refractivity contribution in [3.8, 4) is 5.75 Å². The lowest BCUT2D eigenvalue weighted by Crippen LogP contribution is -1.99. The lowest BCUT2D eigenvalue weighted by molar-refractivity contribution is 0.474. The maximum absolute atomic E-state index is 9.90. The van der Waals surface area contributed by atoms with Crippen LogP contribution in [0.4, 0.5) is 5.69 Å². The maximum Gasteiger partial charge on any atom is 0.157 e. The van der Waals surface area contributed by atoms with Gasteiger partial charge in [-0.05, 0) is 37.6 Å². The third-order valence-electron chi connectivity index (χ3n) is 2.67. The minimum Gasteiger partial charge on any atom is -0.504 e. The fourth-order valence-electron chi connectivity index (χ4n) is 1.60. The molecule has 2 aromatic rings. The molecule has 1 aromatic heterocycles. The van der Waals surface area contributed by atoms with Crippen LogP contribution in [0.3, 0.4) is 0 Å². The molecule has 0 amide bonds. The zero-order valence-corrected chi connectivity index (χ0v) is 11.6. The summed E-state index contributed by atoms with van der Waals surface area (Å²) in [6, 6.07) is 5.40. The first-order valence-electron chi connectivity index (χ1n) is 5.45. The Hall–Kier alpha value is -1.32. The van der Waals surface area contributed by atoms with Crippen LogP contribution >= 0.6 is 23.2 Å². The highest BCUT2D eigenvalue weighted by molar-refractivity contribution is 6.37. The molecule has 1 aromatic carbocycles. The van der Waals surface area contributed by atoms with Crippen molar-refractivity contribution in [1.29, 1.82) is 0 Å². The Bertz CT molecular complexity index is 579. The minimum absolute atomic E-state index is 0.00171. The molecule has 3 nitrogen and oxygen atoms in total. The van der Waals surface area contributed by atoms with E-state index in [-0.39, 0.29) is 10.8 Å². The SMILES string of the molecule is Cc1ccc(CNc2cc(Cl)c(C)c(Cl)c2O)o1. The van der Waals surface area contributed by atoms with Gasteiger partial charge in [-0.1, -0.05) is 23.2 Å².